The maximum Gasteiger partial charge on any atom is 0.326 e. The molecule has 3 N–H and O–H groups in total. The minimum atomic E-state index is -1.04. The number of carbonyl (C=O) groups excluding carboxylic acids is 1. The molecule has 0 radical (unpaired) electrons. The summed E-state index contributed by atoms with van der Waals surface area (Å²) in [6, 6.07) is -1.32. The van der Waals surface area contributed by atoms with Crippen molar-refractivity contribution in [3.8, 4) is 0 Å². The molecule has 1 aliphatic rings. The minimum absolute atomic E-state index is 0.265. The van der Waals surface area contributed by atoms with Crippen LogP contribution in [0.25, 0.3) is 0 Å². The van der Waals surface area contributed by atoms with Gasteiger partial charge in [-0.1, -0.05) is 12.8 Å². The lowest BCUT2D eigenvalue weighted by molar-refractivity contribution is -0.139. The van der Waals surface area contributed by atoms with E-state index in [-0.39, 0.29) is 6.42 Å². The van der Waals surface area contributed by atoms with Crippen molar-refractivity contribution in [3.05, 3.63) is 0 Å². The average Bonchev–Trinajstić information content (AvgIpc) is 3.13. The van der Waals surface area contributed by atoms with Crippen molar-refractivity contribution in [1.29, 1.82) is 0 Å². The van der Waals surface area contributed by atoms with E-state index in [2.05, 4.69) is 10.6 Å². The zero-order valence-electron chi connectivity index (χ0n) is 10.8. The van der Waals surface area contributed by atoms with Crippen molar-refractivity contribution in [3.63, 3.8) is 0 Å². The van der Waals surface area contributed by atoms with Crippen molar-refractivity contribution in [1.82, 2.24) is 10.6 Å². The molecule has 0 spiro atoms. The van der Waals surface area contributed by atoms with Crippen molar-refractivity contribution in [2.45, 2.75) is 38.1 Å². The first-order chi connectivity index (χ1) is 8.63. The highest BCUT2D eigenvalue weighted by molar-refractivity contribution is 5.82. The van der Waals surface area contributed by atoms with E-state index in [0.717, 1.165) is 18.8 Å². The first-order valence-electron chi connectivity index (χ1n) is 6.39. The van der Waals surface area contributed by atoms with Crippen LogP contribution in [-0.2, 0) is 9.53 Å². The van der Waals surface area contributed by atoms with E-state index in [9.17, 15) is 9.59 Å². The predicted octanol–water partition coefficient (Wildman–Crippen LogP) is 0.965. The highest BCUT2D eigenvalue weighted by Gasteiger charge is 2.21. The molecular formula is C12H22N2O4. The Bertz CT molecular complexity index is 279. The Kier molecular flexibility index (Phi) is 6.49. The third-order valence-electron chi connectivity index (χ3n) is 2.99. The van der Waals surface area contributed by atoms with Crippen LogP contribution in [0.5, 0.6) is 0 Å². The maximum atomic E-state index is 11.5. The van der Waals surface area contributed by atoms with Gasteiger partial charge in [-0.3, -0.25) is 0 Å². The molecule has 0 bridgehead atoms. The van der Waals surface area contributed by atoms with E-state index < -0.39 is 18.0 Å². The first-order valence-corrected chi connectivity index (χ1v) is 6.39. The number of hydrogen-bond donors (Lipinski definition) is 3. The van der Waals surface area contributed by atoms with Gasteiger partial charge in [-0.2, -0.15) is 0 Å². The molecule has 0 aliphatic heterocycles. The summed E-state index contributed by atoms with van der Waals surface area (Å²) in [5.74, 6) is -0.191. The molecule has 2 amide bonds. The molecular weight excluding hydrogens is 236 g/mol. The maximum absolute atomic E-state index is 11.5. The predicted molar refractivity (Wildman–Crippen MR) is 66.4 cm³/mol. The van der Waals surface area contributed by atoms with Gasteiger partial charge in [0.25, 0.3) is 0 Å². The van der Waals surface area contributed by atoms with Gasteiger partial charge in [-0.15, -0.1) is 0 Å². The average molecular weight is 258 g/mol. The number of methoxy groups -OCH3 is 1. The van der Waals surface area contributed by atoms with Crippen molar-refractivity contribution in [2.75, 3.05) is 20.3 Å². The summed E-state index contributed by atoms with van der Waals surface area (Å²) in [7, 11) is 1.50. The van der Waals surface area contributed by atoms with Crippen LogP contribution >= 0.6 is 0 Å². The fraction of sp³-hybridized carbons (Fsp3) is 0.833. The number of urea groups is 1. The van der Waals surface area contributed by atoms with E-state index in [1.807, 2.05) is 0 Å². The summed E-state index contributed by atoms with van der Waals surface area (Å²) in [5.41, 5.74) is 0. The Morgan fingerprint density at radius 3 is 2.72 bits per heavy atom. The standard InChI is InChI=1S/C12H22N2O4/c1-18-8-6-10(11(15)16)14-12(17)13-7-2-3-9-4-5-9/h9-10H,2-8H2,1H3,(H,15,16)(H2,13,14,17). The largest absolute Gasteiger partial charge is 0.480 e. The molecule has 1 saturated carbocycles. The van der Waals surface area contributed by atoms with E-state index >= 15 is 0 Å². The quantitative estimate of drug-likeness (QED) is 0.538. The van der Waals surface area contributed by atoms with Crippen molar-refractivity contribution >= 4 is 12.0 Å². The van der Waals surface area contributed by atoms with E-state index in [0.29, 0.717) is 13.2 Å². The van der Waals surface area contributed by atoms with Gasteiger partial charge >= 0.3 is 12.0 Å². The lowest BCUT2D eigenvalue weighted by Crippen LogP contribution is -2.46. The summed E-state index contributed by atoms with van der Waals surface area (Å²) in [6.07, 6.45) is 4.98. The lowest BCUT2D eigenvalue weighted by Gasteiger charge is -2.14. The fourth-order valence-corrected chi connectivity index (χ4v) is 1.70. The van der Waals surface area contributed by atoms with Crippen molar-refractivity contribution in [2.24, 2.45) is 5.92 Å². The number of carboxylic acid groups (broad SMARTS) is 1. The van der Waals surface area contributed by atoms with Gasteiger partial charge in [0.2, 0.25) is 0 Å². The van der Waals surface area contributed by atoms with Crippen LogP contribution in [-0.4, -0.2) is 43.4 Å². The van der Waals surface area contributed by atoms with Crippen LogP contribution in [0.3, 0.4) is 0 Å². The van der Waals surface area contributed by atoms with Gasteiger partial charge < -0.3 is 20.5 Å². The fourth-order valence-electron chi connectivity index (χ4n) is 1.70. The molecule has 0 aromatic carbocycles. The number of carbonyl (C=O) groups is 2. The van der Waals surface area contributed by atoms with E-state index in [4.69, 9.17) is 9.84 Å². The number of amides is 2. The summed E-state index contributed by atoms with van der Waals surface area (Å²) >= 11 is 0. The Hall–Kier alpha value is -1.30. The number of nitrogens with one attached hydrogen (secondary N) is 2. The molecule has 1 aliphatic carbocycles. The second-order valence-corrected chi connectivity index (χ2v) is 4.66. The first kappa shape index (κ1) is 14.8. The van der Waals surface area contributed by atoms with Crippen molar-refractivity contribution < 1.29 is 19.4 Å². The highest BCUT2D eigenvalue weighted by Crippen LogP contribution is 2.33. The Morgan fingerprint density at radius 2 is 2.17 bits per heavy atom. The topological polar surface area (TPSA) is 87.7 Å². The highest BCUT2D eigenvalue weighted by atomic mass is 16.5. The number of rotatable bonds is 9. The Labute approximate surface area is 107 Å². The molecule has 1 rings (SSSR count). The summed E-state index contributed by atoms with van der Waals surface area (Å²) < 4.78 is 4.80. The number of ether oxygens (including phenoxy) is 1. The van der Waals surface area contributed by atoms with Crippen LogP contribution in [0.4, 0.5) is 4.79 Å². The van der Waals surface area contributed by atoms with E-state index in [1.54, 1.807) is 0 Å². The van der Waals surface area contributed by atoms with Crippen LogP contribution in [0.1, 0.15) is 32.1 Å². The second-order valence-electron chi connectivity index (χ2n) is 4.66. The smallest absolute Gasteiger partial charge is 0.326 e. The molecule has 0 saturated heterocycles. The van der Waals surface area contributed by atoms with Crippen LogP contribution in [0.15, 0.2) is 0 Å². The molecule has 0 aromatic heterocycles. The van der Waals surface area contributed by atoms with Crippen LogP contribution in [0, 0.1) is 5.92 Å². The number of carboxylic acids is 1. The summed E-state index contributed by atoms with van der Waals surface area (Å²) in [5, 5.41) is 14.0. The number of hydrogen-bond acceptors (Lipinski definition) is 3. The normalized spacial score (nSPS) is 16.1. The van der Waals surface area contributed by atoms with Crippen LogP contribution in [0.2, 0.25) is 0 Å². The van der Waals surface area contributed by atoms with Gasteiger partial charge in [0, 0.05) is 26.7 Å². The molecule has 1 atom stereocenters. The van der Waals surface area contributed by atoms with E-state index in [1.165, 1.54) is 20.0 Å². The molecule has 1 fully saturated rings. The third kappa shape index (κ3) is 6.44. The molecule has 104 valence electrons. The van der Waals surface area contributed by atoms with Gasteiger partial charge in [0.15, 0.2) is 0 Å². The monoisotopic (exact) mass is 258 g/mol. The SMILES string of the molecule is COCCC(NC(=O)NCCCC1CC1)C(=O)O. The second kappa shape index (κ2) is 7.92. The van der Waals surface area contributed by atoms with Crippen LogP contribution < -0.4 is 10.6 Å². The lowest BCUT2D eigenvalue weighted by atomic mass is 10.2. The molecule has 6 nitrogen and oxygen atoms in total. The Balaban J connectivity index is 2.11. The molecule has 6 heteroatoms. The molecule has 0 aromatic rings. The van der Waals surface area contributed by atoms with Gasteiger partial charge in [0.1, 0.15) is 6.04 Å². The molecule has 1 unspecified atom stereocenters. The molecule has 18 heavy (non-hydrogen) atoms. The van der Waals surface area contributed by atoms with Gasteiger partial charge in [0.05, 0.1) is 0 Å². The van der Waals surface area contributed by atoms with Gasteiger partial charge in [-0.05, 0) is 18.8 Å². The Morgan fingerprint density at radius 1 is 1.44 bits per heavy atom. The minimum Gasteiger partial charge on any atom is -0.480 e. The number of aliphatic carboxylic acids is 1. The summed E-state index contributed by atoms with van der Waals surface area (Å²) in [4.78, 5) is 22.3. The third-order valence-corrected chi connectivity index (χ3v) is 2.99. The zero-order valence-corrected chi connectivity index (χ0v) is 10.8. The zero-order chi connectivity index (χ0) is 13.4. The molecule has 0 heterocycles. The summed E-state index contributed by atoms with van der Waals surface area (Å²) in [6.45, 7) is 0.901. The van der Waals surface area contributed by atoms with Gasteiger partial charge in [-0.25, -0.2) is 9.59 Å².